The third kappa shape index (κ3) is 3.66. The summed E-state index contributed by atoms with van der Waals surface area (Å²) in [5.41, 5.74) is 6.57. The highest BCUT2D eigenvalue weighted by Crippen LogP contribution is 2.46. The fourth-order valence-corrected chi connectivity index (χ4v) is 5.54. The third-order valence-corrected chi connectivity index (χ3v) is 7.39. The molecule has 1 aliphatic heterocycles. The molecule has 0 radical (unpaired) electrons. The van der Waals surface area contributed by atoms with Gasteiger partial charge in [0.25, 0.3) is 0 Å². The molecule has 1 atom stereocenters. The van der Waals surface area contributed by atoms with E-state index < -0.39 is 17.7 Å². The molecule has 1 aromatic heterocycles. The number of carbonyl (C=O) groups excluding carboxylic acids is 1. The number of rotatable bonds is 3. The van der Waals surface area contributed by atoms with E-state index in [-0.39, 0.29) is 38.4 Å². The molecule has 5 rings (SSSR count). The normalized spacial score (nSPS) is 14.9. The predicted molar refractivity (Wildman–Crippen MR) is 129 cm³/mol. The summed E-state index contributed by atoms with van der Waals surface area (Å²) in [5.74, 6) is -1.89. The lowest BCUT2D eigenvalue weighted by atomic mass is 9.83. The first-order chi connectivity index (χ1) is 16.4. The average Bonchev–Trinajstić information content (AvgIpc) is 3.15. The van der Waals surface area contributed by atoms with Gasteiger partial charge in [-0.15, -0.1) is 11.3 Å². The second-order valence-electron chi connectivity index (χ2n) is 7.39. The number of ether oxygens (including phenoxy) is 2. The van der Waals surface area contributed by atoms with Gasteiger partial charge in [-0.1, -0.05) is 53.5 Å². The van der Waals surface area contributed by atoms with Crippen molar-refractivity contribution >= 4 is 50.6 Å². The quantitative estimate of drug-likeness (QED) is 0.242. The van der Waals surface area contributed by atoms with Crippen LogP contribution < -0.4 is 15.2 Å². The van der Waals surface area contributed by atoms with Crippen LogP contribution in [-0.4, -0.2) is 5.97 Å². The van der Waals surface area contributed by atoms with Crippen molar-refractivity contribution in [3.05, 3.63) is 104 Å². The van der Waals surface area contributed by atoms with E-state index in [4.69, 9.17) is 38.4 Å². The molecule has 2 N–H and O–H groups in total. The molecular formula is C25H13Cl2FN2O3S. The minimum absolute atomic E-state index is 0.0290. The predicted octanol–water partition coefficient (Wildman–Crippen LogP) is 6.78. The number of nitrogens with zero attached hydrogens (tertiary/aromatic N) is 1. The zero-order valence-electron chi connectivity index (χ0n) is 17.1. The Kier molecular flexibility index (Phi) is 5.66. The zero-order chi connectivity index (χ0) is 24.0. The largest absolute Gasteiger partial charge is 0.440 e. The van der Waals surface area contributed by atoms with E-state index in [2.05, 4.69) is 0 Å². The lowest BCUT2D eigenvalue weighted by molar-refractivity contribution is 0.0740. The maximum atomic E-state index is 14.8. The molecule has 1 aliphatic rings. The SMILES string of the molecule is N#CC1=C(N)Oc2cc(OC(=O)c3sc4ccccc4c3Cl)ccc2C1c1c(F)cccc1Cl. The number of hydrogen-bond acceptors (Lipinski definition) is 6. The van der Waals surface area contributed by atoms with Crippen LogP contribution in [0.15, 0.2) is 72.1 Å². The summed E-state index contributed by atoms with van der Waals surface area (Å²) in [6.45, 7) is 0. The van der Waals surface area contributed by atoms with Gasteiger partial charge in [-0.25, -0.2) is 9.18 Å². The molecule has 0 aliphatic carbocycles. The molecule has 1 unspecified atom stereocenters. The van der Waals surface area contributed by atoms with Crippen molar-refractivity contribution in [1.82, 2.24) is 0 Å². The summed E-state index contributed by atoms with van der Waals surface area (Å²) in [6.07, 6.45) is 0. The molecule has 3 aromatic carbocycles. The maximum absolute atomic E-state index is 14.8. The number of esters is 1. The highest BCUT2D eigenvalue weighted by atomic mass is 35.5. The van der Waals surface area contributed by atoms with Gasteiger partial charge >= 0.3 is 5.97 Å². The van der Waals surface area contributed by atoms with Gasteiger partial charge in [-0.2, -0.15) is 5.26 Å². The molecule has 0 saturated carbocycles. The van der Waals surface area contributed by atoms with Gasteiger partial charge in [-0.3, -0.25) is 0 Å². The number of benzene rings is 3. The van der Waals surface area contributed by atoms with E-state index in [1.165, 1.54) is 41.7 Å². The average molecular weight is 511 g/mol. The molecule has 4 aromatic rings. The van der Waals surface area contributed by atoms with Crippen molar-refractivity contribution in [3.63, 3.8) is 0 Å². The smallest absolute Gasteiger partial charge is 0.355 e. The summed E-state index contributed by atoms with van der Waals surface area (Å²) in [7, 11) is 0. The molecule has 5 nitrogen and oxygen atoms in total. The minimum atomic E-state index is -0.885. The third-order valence-electron chi connectivity index (χ3n) is 5.41. The number of nitriles is 1. The lowest BCUT2D eigenvalue weighted by Gasteiger charge is -2.27. The van der Waals surface area contributed by atoms with E-state index in [1.54, 1.807) is 6.07 Å². The van der Waals surface area contributed by atoms with Crippen molar-refractivity contribution in [2.45, 2.75) is 5.92 Å². The standard InChI is InChI=1S/C25H13Cl2FN2O3S/c26-16-5-3-6-17(28)21(16)20-13-9-8-12(10-18(13)33-24(30)15(20)11-29)32-25(31)23-22(27)14-4-1-2-7-19(14)34-23/h1-10,20H,30H2. The van der Waals surface area contributed by atoms with Crippen LogP contribution in [0.3, 0.4) is 0 Å². The summed E-state index contributed by atoms with van der Waals surface area (Å²) in [6, 6.07) is 18.2. The number of nitrogens with two attached hydrogens (primary N) is 1. The molecule has 34 heavy (non-hydrogen) atoms. The fourth-order valence-electron chi connectivity index (χ4n) is 3.88. The van der Waals surface area contributed by atoms with Crippen LogP contribution in [0, 0.1) is 17.1 Å². The Morgan fingerprint density at radius 3 is 2.68 bits per heavy atom. The van der Waals surface area contributed by atoms with Gasteiger partial charge < -0.3 is 15.2 Å². The van der Waals surface area contributed by atoms with Gasteiger partial charge in [0, 0.05) is 32.3 Å². The first-order valence-electron chi connectivity index (χ1n) is 9.93. The molecule has 168 valence electrons. The molecule has 0 saturated heterocycles. The van der Waals surface area contributed by atoms with Crippen LogP contribution in [0.25, 0.3) is 10.1 Å². The van der Waals surface area contributed by atoms with Crippen molar-refractivity contribution < 1.29 is 18.7 Å². The van der Waals surface area contributed by atoms with E-state index in [0.29, 0.717) is 10.6 Å². The van der Waals surface area contributed by atoms with Gasteiger partial charge in [0.05, 0.1) is 10.9 Å². The maximum Gasteiger partial charge on any atom is 0.355 e. The summed E-state index contributed by atoms with van der Waals surface area (Å²) in [5, 5.41) is 10.9. The van der Waals surface area contributed by atoms with Crippen LogP contribution >= 0.6 is 34.5 Å². The molecule has 2 heterocycles. The van der Waals surface area contributed by atoms with E-state index >= 15 is 0 Å². The van der Waals surface area contributed by atoms with Crippen molar-refractivity contribution in [1.29, 1.82) is 5.26 Å². The fraction of sp³-hybridized carbons (Fsp3) is 0.0400. The second-order valence-corrected chi connectivity index (χ2v) is 9.23. The van der Waals surface area contributed by atoms with Crippen LogP contribution in [0.1, 0.15) is 26.7 Å². The lowest BCUT2D eigenvalue weighted by Crippen LogP contribution is -2.22. The Morgan fingerprint density at radius 1 is 1.15 bits per heavy atom. The number of allylic oxidation sites excluding steroid dienone is 1. The molecular weight excluding hydrogens is 498 g/mol. The first-order valence-corrected chi connectivity index (χ1v) is 11.5. The van der Waals surface area contributed by atoms with E-state index in [0.717, 1.165) is 10.1 Å². The van der Waals surface area contributed by atoms with E-state index in [9.17, 15) is 14.4 Å². The van der Waals surface area contributed by atoms with E-state index in [1.807, 2.05) is 30.3 Å². The highest BCUT2D eigenvalue weighted by Gasteiger charge is 2.34. The molecule has 0 bridgehead atoms. The van der Waals surface area contributed by atoms with Crippen LogP contribution in [-0.2, 0) is 0 Å². The Balaban J connectivity index is 1.53. The van der Waals surface area contributed by atoms with Gasteiger partial charge in [0.15, 0.2) is 0 Å². The first kappa shape index (κ1) is 22.2. The van der Waals surface area contributed by atoms with Gasteiger partial charge in [-0.05, 0) is 24.3 Å². The molecule has 9 heteroatoms. The van der Waals surface area contributed by atoms with Gasteiger partial charge in [0.1, 0.15) is 33.8 Å². The highest BCUT2D eigenvalue weighted by molar-refractivity contribution is 7.21. The Morgan fingerprint density at radius 2 is 1.94 bits per heavy atom. The van der Waals surface area contributed by atoms with Crippen LogP contribution in [0.4, 0.5) is 4.39 Å². The Bertz CT molecular complexity index is 1540. The summed E-state index contributed by atoms with van der Waals surface area (Å²) < 4.78 is 26.8. The Labute approximate surface area is 207 Å². The number of halogens is 3. The van der Waals surface area contributed by atoms with Crippen molar-refractivity contribution in [2.24, 2.45) is 5.73 Å². The topological polar surface area (TPSA) is 85.3 Å². The number of carbonyl (C=O) groups is 1. The number of hydrogen-bond donors (Lipinski definition) is 1. The zero-order valence-corrected chi connectivity index (χ0v) is 19.5. The molecule has 0 amide bonds. The second kappa shape index (κ2) is 8.65. The molecule has 0 spiro atoms. The summed E-state index contributed by atoms with van der Waals surface area (Å²) in [4.78, 5) is 13.1. The number of fused-ring (bicyclic) bond motifs is 2. The monoisotopic (exact) mass is 510 g/mol. The van der Waals surface area contributed by atoms with Crippen molar-refractivity contribution in [3.8, 4) is 17.6 Å². The Hall–Kier alpha value is -3.57. The van der Waals surface area contributed by atoms with Crippen LogP contribution in [0.2, 0.25) is 10.0 Å². The minimum Gasteiger partial charge on any atom is -0.440 e. The van der Waals surface area contributed by atoms with Crippen LogP contribution in [0.5, 0.6) is 11.5 Å². The molecule has 0 fully saturated rings. The number of thiophene rings is 1. The van der Waals surface area contributed by atoms with Crippen molar-refractivity contribution in [2.75, 3.05) is 0 Å². The van der Waals surface area contributed by atoms with Gasteiger partial charge in [0.2, 0.25) is 5.88 Å². The summed E-state index contributed by atoms with van der Waals surface area (Å²) >= 11 is 13.9.